The van der Waals surface area contributed by atoms with Crippen LogP contribution in [-0.4, -0.2) is 18.0 Å². The standard InChI is InChI=1S/C12H13F4N/c13-11-6-9(8-17-3-1-2-4-17)5-10(7-11)12(14,15)16/h5-7H,1-4,8H2. The zero-order valence-electron chi connectivity index (χ0n) is 9.23. The number of hydrogen-bond acceptors (Lipinski definition) is 1. The van der Waals surface area contributed by atoms with Gasteiger partial charge in [0.1, 0.15) is 5.82 Å². The van der Waals surface area contributed by atoms with Gasteiger partial charge in [-0.25, -0.2) is 4.39 Å². The molecule has 0 aliphatic carbocycles. The van der Waals surface area contributed by atoms with Gasteiger partial charge >= 0.3 is 6.18 Å². The van der Waals surface area contributed by atoms with Crippen LogP contribution >= 0.6 is 0 Å². The highest BCUT2D eigenvalue weighted by molar-refractivity contribution is 5.26. The summed E-state index contributed by atoms with van der Waals surface area (Å²) >= 11 is 0. The third kappa shape index (κ3) is 3.19. The van der Waals surface area contributed by atoms with E-state index < -0.39 is 17.6 Å². The van der Waals surface area contributed by atoms with E-state index in [1.54, 1.807) is 0 Å². The zero-order valence-corrected chi connectivity index (χ0v) is 9.23. The minimum absolute atomic E-state index is 0.388. The predicted octanol–water partition coefficient (Wildman–Crippen LogP) is 3.44. The summed E-state index contributed by atoms with van der Waals surface area (Å²) in [4.78, 5) is 2.04. The molecule has 0 aromatic heterocycles. The van der Waals surface area contributed by atoms with E-state index in [1.165, 1.54) is 6.07 Å². The molecule has 1 fully saturated rings. The maximum absolute atomic E-state index is 13.1. The molecule has 0 unspecified atom stereocenters. The second-order valence-corrected chi connectivity index (χ2v) is 4.33. The van der Waals surface area contributed by atoms with Gasteiger partial charge in [-0.15, -0.1) is 0 Å². The maximum Gasteiger partial charge on any atom is 0.416 e. The summed E-state index contributed by atoms with van der Waals surface area (Å²) in [5.41, 5.74) is -0.522. The van der Waals surface area contributed by atoms with Crippen molar-refractivity contribution in [2.75, 3.05) is 13.1 Å². The van der Waals surface area contributed by atoms with Crippen LogP contribution in [0.5, 0.6) is 0 Å². The number of halogens is 4. The molecule has 0 saturated carbocycles. The second-order valence-electron chi connectivity index (χ2n) is 4.33. The molecule has 0 radical (unpaired) electrons. The average molecular weight is 247 g/mol. The Morgan fingerprint density at radius 3 is 2.29 bits per heavy atom. The van der Waals surface area contributed by atoms with Crippen molar-refractivity contribution in [2.24, 2.45) is 0 Å². The summed E-state index contributed by atoms with van der Waals surface area (Å²) in [5, 5.41) is 0. The minimum atomic E-state index is -4.48. The lowest BCUT2D eigenvalue weighted by Crippen LogP contribution is -2.19. The van der Waals surface area contributed by atoms with Gasteiger partial charge in [-0.2, -0.15) is 13.2 Å². The molecular weight excluding hydrogens is 234 g/mol. The molecule has 94 valence electrons. The molecule has 2 rings (SSSR count). The number of alkyl halides is 3. The fourth-order valence-corrected chi connectivity index (χ4v) is 2.10. The molecule has 0 atom stereocenters. The van der Waals surface area contributed by atoms with Crippen LogP contribution in [0.25, 0.3) is 0 Å². The van der Waals surface area contributed by atoms with Crippen LogP contribution in [-0.2, 0) is 12.7 Å². The smallest absolute Gasteiger partial charge is 0.299 e. The van der Waals surface area contributed by atoms with Gasteiger partial charge in [-0.3, -0.25) is 4.90 Å². The molecule has 1 aromatic rings. The summed E-state index contributed by atoms with van der Waals surface area (Å²) in [5.74, 6) is -0.825. The normalized spacial score (nSPS) is 17.6. The van der Waals surface area contributed by atoms with E-state index in [4.69, 9.17) is 0 Å². The summed E-state index contributed by atoms with van der Waals surface area (Å²) in [7, 11) is 0. The monoisotopic (exact) mass is 247 g/mol. The van der Waals surface area contributed by atoms with E-state index in [1.807, 2.05) is 4.90 Å². The highest BCUT2D eigenvalue weighted by Gasteiger charge is 2.31. The van der Waals surface area contributed by atoms with Gasteiger partial charge in [0.05, 0.1) is 5.56 Å². The van der Waals surface area contributed by atoms with Crippen molar-refractivity contribution in [3.63, 3.8) is 0 Å². The third-order valence-corrected chi connectivity index (χ3v) is 2.89. The van der Waals surface area contributed by atoms with Crippen molar-refractivity contribution < 1.29 is 17.6 Å². The van der Waals surface area contributed by atoms with E-state index in [-0.39, 0.29) is 0 Å². The molecule has 1 saturated heterocycles. The quantitative estimate of drug-likeness (QED) is 0.723. The number of benzene rings is 1. The Morgan fingerprint density at radius 2 is 1.71 bits per heavy atom. The maximum atomic E-state index is 13.1. The molecule has 1 aliphatic heterocycles. The summed E-state index contributed by atoms with van der Waals surface area (Å²) in [6.45, 7) is 2.14. The van der Waals surface area contributed by atoms with Crippen LogP contribution in [0.4, 0.5) is 17.6 Å². The number of hydrogen-bond donors (Lipinski definition) is 0. The molecule has 5 heteroatoms. The zero-order chi connectivity index (χ0) is 12.5. The molecule has 1 heterocycles. The molecule has 0 N–H and O–H groups in total. The average Bonchev–Trinajstić information content (AvgIpc) is 2.68. The number of likely N-dealkylation sites (tertiary alicyclic amines) is 1. The largest absolute Gasteiger partial charge is 0.416 e. The molecule has 0 bridgehead atoms. The summed E-state index contributed by atoms with van der Waals surface area (Å²) in [6.07, 6.45) is -2.37. The van der Waals surface area contributed by atoms with Crippen molar-refractivity contribution in [1.82, 2.24) is 4.90 Å². The fraction of sp³-hybridized carbons (Fsp3) is 0.500. The first-order chi connectivity index (χ1) is 7.95. The van der Waals surface area contributed by atoms with Crippen LogP contribution in [0.15, 0.2) is 18.2 Å². The lowest BCUT2D eigenvalue weighted by molar-refractivity contribution is -0.137. The molecule has 0 spiro atoms. The van der Waals surface area contributed by atoms with Crippen LogP contribution in [0, 0.1) is 5.82 Å². The van der Waals surface area contributed by atoms with Gasteiger partial charge < -0.3 is 0 Å². The highest BCUT2D eigenvalue weighted by Crippen LogP contribution is 2.30. The molecule has 1 aromatic carbocycles. The van der Waals surface area contributed by atoms with Gasteiger partial charge in [-0.1, -0.05) is 0 Å². The second kappa shape index (κ2) is 4.64. The van der Waals surface area contributed by atoms with Gasteiger partial charge in [0.2, 0.25) is 0 Å². The lowest BCUT2D eigenvalue weighted by atomic mass is 10.1. The van der Waals surface area contributed by atoms with Crippen molar-refractivity contribution in [1.29, 1.82) is 0 Å². The van der Waals surface area contributed by atoms with Gasteiger partial charge in [-0.05, 0) is 49.7 Å². The Labute approximate surface area is 97.0 Å². The number of rotatable bonds is 2. The van der Waals surface area contributed by atoms with Gasteiger partial charge in [0, 0.05) is 6.54 Å². The Hall–Kier alpha value is -1.10. The van der Waals surface area contributed by atoms with Crippen molar-refractivity contribution in [3.05, 3.63) is 35.1 Å². The van der Waals surface area contributed by atoms with E-state index >= 15 is 0 Å². The minimum Gasteiger partial charge on any atom is -0.299 e. The molecule has 17 heavy (non-hydrogen) atoms. The highest BCUT2D eigenvalue weighted by atomic mass is 19.4. The topological polar surface area (TPSA) is 3.24 Å². The van der Waals surface area contributed by atoms with Gasteiger partial charge in [0.25, 0.3) is 0 Å². The molecule has 1 aliphatic rings. The Balaban J connectivity index is 2.19. The predicted molar refractivity (Wildman–Crippen MR) is 55.9 cm³/mol. The summed E-state index contributed by atoms with van der Waals surface area (Å²) in [6, 6.07) is 2.74. The first kappa shape index (κ1) is 12.4. The van der Waals surface area contributed by atoms with Crippen molar-refractivity contribution in [2.45, 2.75) is 25.6 Å². The first-order valence-electron chi connectivity index (χ1n) is 5.54. The fourth-order valence-electron chi connectivity index (χ4n) is 2.10. The van der Waals surface area contributed by atoms with E-state index in [9.17, 15) is 17.6 Å². The lowest BCUT2D eigenvalue weighted by Gasteiger charge is -2.16. The molecule has 1 nitrogen and oxygen atoms in total. The first-order valence-corrected chi connectivity index (χ1v) is 5.54. The van der Waals surface area contributed by atoms with Crippen LogP contribution in [0.1, 0.15) is 24.0 Å². The van der Waals surface area contributed by atoms with Crippen molar-refractivity contribution >= 4 is 0 Å². The van der Waals surface area contributed by atoms with Crippen molar-refractivity contribution in [3.8, 4) is 0 Å². The Bertz CT molecular complexity index is 394. The van der Waals surface area contributed by atoms with E-state index in [0.29, 0.717) is 18.2 Å². The summed E-state index contributed by atoms with van der Waals surface area (Å²) < 4.78 is 50.6. The van der Waals surface area contributed by atoms with Crippen LogP contribution in [0.2, 0.25) is 0 Å². The molecular formula is C12H13F4N. The van der Waals surface area contributed by atoms with Crippen LogP contribution < -0.4 is 0 Å². The SMILES string of the molecule is Fc1cc(CN2CCCC2)cc(C(F)(F)F)c1. The number of nitrogens with zero attached hydrogens (tertiary/aromatic N) is 1. The molecule has 0 amide bonds. The van der Waals surface area contributed by atoms with E-state index in [2.05, 4.69) is 0 Å². The van der Waals surface area contributed by atoms with Gasteiger partial charge in [0.15, 0.2) is 0 Å². The third-order valence-electron chi connectivity index (χ3n) is 2.89. The Kier molecular flexibility index (Phi) is 3.38. The van der Waals surface area contributed by atoms with E-state index in [0.717, 1.165) is 32.0 Å². The van der Waals surface area contributed by atoms with Crippen LogP contribution in [0.3, 0.4) is 0 Å². The Morgan fingerprint density at radius 1 is 1.06 bits per heavy atom.